The van der Waals surface area contributed by atoms with Gasteiger partial charge in [0.1, 0.15) is 6.61 Å². The minimum absolute atomic E-state index is 0.0874. The van der Waals surface area contributed by atoms with Crippen molar-refractivity contribution < 1.29 is 13.5 Å². The molecule has 110 valence electrons. The van der Waals surface area contributed by atoms with Crippen LogP contribution in [0.4, 0.5) is 8.78 Å². The fourth-order valence-electron chi connectivity index (χ4n) is 1.40. The summed E-state index contributed by atoms with van der Waals surface area (Å²) >= 11 is 0. The highest BCUT2D eigenvalue weighted by Gasteiger charge is 2.23. The van der Waals surface area contributed by atoms with Crippen molar-refractivity contribution in [3.05, 3.63) is 47.7 Å². The van der Waals surface area contributed by atoms with E-state index in [1.165, 1.54) is 33.6 Å². The number of alkyl halides is 2. The summed E-state index contributed by atoms with van der Waals surface area (Å²) in [5.74, 6) is 0.443. The molecule has 0 aliphatic heterocycles. The molecule has 0 bridgehead atoms. The summed E-state index contributed by atoms with van der Waals surface area (Å²) in [4.78, 5) is 4.08. The third-order valence-electron chi connectivity index (χ3n) is 2.42. The zero-order valence-corrected chi connectivity index (χ0v) is 12.7. The summed E-state index contributed by atoms with van der Waals surface area (Å²) in [5, 5.41) is 2.96. The summed E-state index contributed by atoms with van der Waals surface area (Å²) in [6.07, 6.45) is 1.43. The van der Waals surface area contributed by atoms with Crippen LogP contribution in [0.3, 0.4) is 0 Å². The Morgan fingerprint density at radius 2 is 2.10 bits per heavy atom. The van der Waals surface area contributed by atoms with Crippen molar-refractivity contribution in [1.82, 2.24) is 10.3 Å². The van der Waals surface area contributed by atoms with Crippen molar-refractivity contribution in [2.24, 2.45) is 0 Å². The molecule has 1 N–H and O–H groups in total. The summed E-state index contributed by atoms with van der Waals surface area (Å²) in [6, 6.07) is 7.60. The zero-order valence-electron chi connectivity index (χ0n) is 11.6. The van der Waals surface area contributed by atoms with Crippen molar-refractivity contribution in [2.45, 2.75) is 12.6 Å². The Bertz CT molecular complexity index is 491. The van der Waals surface area contributed by atoms with Gasteiger partial charge in [-0.25, -0.2) is 4.98 Å². The van der Waals surface area contributed by atoms with E-state index >= 15 is 0 Å². The Labute approximate surface area is 120 Å². The highest BCUT2D eigenvalue weighted by Crippen LogP contribution is 2.34. The molecule has 0 saturated heterocycles. The number of likely N-dealkylation sites (N-methyl/N-ethyl adjacent to an activating group) is 1. The number of nitrogens with zero attached hydrogens (tertiary/aromatic N) is 1. The first-order valence-electron chi connectivity index (χ1n) is 6.19. The quantitative estimate of drug-likeness (QED) is 0.670. The van der Waals surface area contributed by atoms with Crippen LogP contribution in [-0.4, -0.2) is 25.2 Å². The van der Waals surface area contributed by atoms with Crippen molar-refractivity contribution in [1.29, 1.82) is 0 Å². The first-order valence-corrected chi connectivity index (χ1v) is 6.77. The van der Waals surface area contributed by atoms with E-state index in [1.807, 2.05) is 7.05 Å². The fourth-order valence-corrected chi connectivity index (χ4v) is 1.58. The summed E-state index contributed by atoms with van der Waals surface area (Å²) in [6.45, 7) is 2.94. The largest absolute Gasteiger partial charge is 0.476 e. The molecule has 1 aromatic rings. The maximum absolute atomic E-state index is 13.3. The van der Waals surface area contributed by atoms with Crippen molar-refractivity contribution in [2.75, 3.05) is 20.2 Å². The lowest BCUT2D eigenvalue weighted by Crippen LogP contribution is -2.16. The normalized spacial score (nSPS) is 10.8. The van der Waals surface area contributed by atoms with Crippen LogP contribution >= 0.6 is 9.24 Å². The van der Waals surface area contributed by atoms with Gasteiger partial charge in [0.2, 0.25) is 5.88 Å². The topological polar surface area (TPSA) is 34.1 Å². The average molecular weight is 300 g/mol. The second-order valence-electron chi connectivity index (χ2n) is 4.23. The second kappa shape index (κ2) is 8.08. The van der Waals surface area contributed by atoms with Crippen LogP contribution in [0.15, 0.2) is 36.5 Å². The first-order chi connectivity index (χ1) is 9.43. The van der Waals surface area contributed by atoms with Gasteiger partial charge in [-0.1, -0.05) is 26.9 Å². The van der Waals surface area contributed by atoms with Gasteiger partial charge in [0.15, 0.2) is 0 Å². The van der Waals surface area contributed by atoms with Crippen LogP contribution in [-0.2, 0) is 5.66 Å². The molecule has 1 unspecified atom stereocenters. The predicted molar refractivity (Wildman–Crippen MR) is 79.6 cm³/mol. The van der Waals surface area contributed by atoms with Crippen molar-refractivity contribution in [3.63, 3.8) is 0 Å². The molecule has 6 heteroatoms. The number of hydrogen-bond acceptors (Lipinski definition) is 3. The molecule has 0 radical (unpaired) electrons. The number of halogens is 2. The number of nitrogens with one attached hydrogen (secondary N) is 1. The minimum atomic E-state index is -2.96. The van der Waals surface area contributed by atoms with Crippen LogP contribution in [0.1, 0.15) is 11.1 Å². The Hall–Kier alpha value is -1.32. The van der Waals surface area contributed by atoms with E-state index in [-0.39, 0.29) is 5.56 Å². The molecule has 0 spiro atoms. The van der Waals surface area contributed by atoms with Gasteiger partial charge in [0, 0.05) is 24.4 Å². The number of rotatable bonds is 5. The highest BCUT2D eigenvalue weighted by molar-refractivity contribution is 7.17. The molecule has 1 atom stereocenters. The van der Waals surface area contributed by atoms with Crippen LogP contribution < -0.4 is 10.1 Å². The Kier molecular flexibility index (Phi) is 6.76. The van der Waals surface area contributed by atoms with Gasteiger partial charge in [-0.3, -0.25) is 0 Å². The molecule has 1 aromatic heterocycles. The van der Waals surface area contributed by atoms with E-state index < -0.39 is 5.66 Å². The number of hydrogen-bond donors (Lipinski definition) is 1. The number of aryl methyl sites for hydroxylation is 1. The third-order valence-corrected chi connectivity index (χ3v) is 2.76. The first kappa shape index (κ1) is 16.7. The van der Waals surface area contributed by atoms with E-state index in [2.05, 4.69) is 10.3 Å². The second-order valence-corrected chi connectivity index (χ2v) is 4.95. The van der Waals surface area contributed by atoms with Crippen LogP contribution in [0.2, 0.25) is 0 Å². The van der Waals surface area contributed by atoms with Gasteiger partial charge in [0.05, 0.1) is 0 Å². The number of ether oxygens (including phenoxy) is 1. The molecule has 0 saturated carbocycles. The lowest BCUT2D eigenvalue weighted by atomic mass is 10.2. The summed E-state index contributed by atoms with van der Waals surface area (Å²) in [5.41, 5.74) is -2.36. The Balaban J connectivity index is 3.09. The maximum Gasteiger partial charge on any atom is 0.283 e. The molecular weight excluding hydrogens is 281 g/mol. The lowest BCUT2D eigenvalue weighted by Gasteiger charge is -2.09. The molecule has 0 aliphatic rings. The average Bonchev–Trinajstić information content (AvgIpc) is 2.37. The van der Waals surface area contributed by atoms with Crippen LogP contribution in [0.25, 0.3) is 0 Å². The van der Waals surface area contributed by atoms with Gasteiger partial charge in [0.25, 0.3) is 5.66 Å². The third kappa shape index (κ3) is 6.22. The monoisotopic (exact) mass is 300 g/mol. The predicted octanol–water partition coefficient (Wildman–Crippen LogP) is 3.04. The minimum Gasteiger partial charge on any atom is -0.476 e. The van der Waals surface area contributed by atoms with E-state index in [0.717, 1.165) is 0 Å². The number of aromatic nitrogens is 1. The Morgan fingerprint density at radius 1 is 1.35 bits per heavy atom. The molecule has 20 heavy (non-hydrogen) atoms. The van der Waals surface area contributed by atoms with E-state index in [4.69, 9.17) is 4.74 Å². The molecule has 3 nitrogen and oxygen atoms in total. The van der Waals surface area contributed by atoms with Crippen LogP contribution in [0.5, 0.6) is 5.88 Å². The molecule has 0 aromatic carbocycles. The van der Waals surface area contributed by atoms with Gasteiger partial charge < -0.3 is 10.1 Å². The lowest BCUT2D eigenvalue weighted by molar-refractivity contribution is 0.104. The SMILES string of the molecule is CNCCOc1ccc(C)cc(C(F)(F)P)cccn1. The van der Waals surface area contributed by atoms with Gasteiger partial charge in [-0.05, 0) is 26.1 Å². The van der Waals surface area contributed by atoms with Crippen molar-refractivity contribution in [3.8, 4) is 5.88 Å². The fraction of sp³-hybridized carbons (Fsp3) is 0.357. The van der Waals surface area contributed by atoms with Crippen molar-refractivity contribution >= 4 is 9.24 Å². The summed E-state index contributed by atoms with van der Waals surface area (Å²) in [7, 11) is 3.36. The molecule has 0 aliphatic carbocycles. The van der Waals surface area contributed by atoms with E-state index in [0.29, 0.717) is 24.6 Å². The highest BCUT2D eigenvalue weighted by atomic mass is 31.0. The van der Waals surface area contributed by atoms with Gasteiger partial charge in [-0.15, -0.1) is 0 Å². The van der Waals surface area contributed by atoms with Gasteiger partial charge in [-0.2, -0.15) is 8.78 Å². The molecule has 1 rings (SSSR count). The molecule has 0 amide bonds. The Morgan fingerprint density at radius 3 is 2.75 bits per heavy atom. The van der Waals surface area contributed by atoms with Crippen LogP contribution in [0, 0.1) is 6.92 Å². The van der Waals surface area contributed by atoms with E-state index in [1.54, 1.807) is 19.1 Å². The maximum atomic E-state index is 13.3. The standard InChI is InChI=1S/C14H19F2N2OP/c1-11-5-6-13(19-9-8-17-2)18-7-3-4-12(10-11)14(15,16)20/h3-7,10,17H,8-9,20H2,1-2H3. The molecule has 1 heterocycles. The smallest absolute Gasteiger partial charge is 0.283 e. The summed E-state index contributed by atoms with van der Waals surface area (Å²) < 4.78 is 32.1. The molecule has 0 fully saturated rings. The van der Waals surface area contributed by atoms with E-state index in [9.17, 15) is 8.78 Å². The zero-order chi connectivity index (χ0) is 15.0. The van der Waals surface area contributed by atoms with Gasteiger partial charge >= 0.3 is 0 Å². The molecular formula is C14H19F2N2OP.